The van der Waals surface area contributed by atoms with Crippen molar-refractivity contribution in [1.29, 1.82) is 0 Å². The zero-order valence-electron chi connectivity index (χ0n) is 15.7. The lowest BCUT2D eigenvalue weighted by molar-refractivity contribution is -0.137. The van der Waals surface area contributed by atoms with Crippen molar-refractivity contribution in [3.63, 3.8) is 0 Å². The summed E-state index contributed by atoms with van der Waals surface area (Å²) in [6.45, 7) is 0. The van der Waals surface area contributed by atoms with E-state index in [4.69, 9.17) is 23.2 Å². The van der Waals surface area contributed by atoms with E-state index in [1.807, 2.05) is 0 Å². The highest BCUT2D eigenvalue weighted by Crippen LogP contribution is 2.32. The number of para-hydroxylation sites is 1. The first-order valence-electron chi connectivity index (χ1n) is 9.00. The van der Waals surface area contributed by atoms with Crippen molar-refractivity contribution in [3.8, 4) is 5.69 Å². The molecule has 0 N–H and O–H groups in total. The lowest BCUT2D eigenvalue weighted by Crippen LogP contribution is -2.22. The number of alkyl halides is 3. The van der Waals surface area contributed by atoms with E-state index in [0.29, 0.717) is 43.1 Å². The molecule has 158 valence electrons. The first kappa shape index (κ1) is 21.7. The van der Waals surface area contributed by atoms with Gasteiger partial charge in [-0.25, -0.2) is 4.98 Å². The monoisotopic (exact) mass is 480 g/mol. The van der Waals surface area contributed by atoms with Crippen LogP contribution in [0.4, 0.5) is 13.2 Å². The molecule has 0 bridgehead atoms. The van der Waals surface area contributed by atoms with Crippen LogP contribution >= 0.6 is 35.0 Å². The molecule has 4 aromatic rings. The molecule has 0 saturated heterocycles. The molecule has 3 aromatic carbocycles. The summed E-state index contributed by atoms with van der Waals surface area (Å²) in [5, 5.41) is 1.49. The van der Waals surface area contributed by atoms with E-state index >= 15 is 0 Å². The lowest BCUT2D eigenvalue weighted by Gasteiger charge is -2.15. The zero-order chi connectivity index (χ0) is 22.2. The Bertz CT molecular complexity index is 1320. The van der Waals surface area contributed by atoms with Crippen molar-refractivity contribution < 1.29 is 13.2 Å². The van der Waals surface area contributed by atoms with E-state index < -0.39 is 11.7 Å². The van der Waals surface area contributed by atoms with Gasteiger partial charge in [0.05, 0.1) is 27.2 Å². The normalized spacial score (nSPS) is 11.8. The third-order valence-corrected chi connectivity index (χ3v) is 6.11. The maximum atomic E-state index is 13.3. The highest BCUT2D eigenvalue weighted by Gasteiger charge is 2.29. The number of hydrogen-bond acceptors (Lipinski definition) is 3. The molecule has 0 aliphatic heterocycles. The highest BCUT2D eigenvalue weighted by molar-refractivity contribution is 7.98. The number of rotatable bonds is 4. The number of halogens is 5. The fourth-order valence-electron chi connectivity index (χ4n) is 3.02. The van der Waals surface area contributed by atoms with E-state index in [1.54, 1.807) is 42.5 Å². The van der Waals surface area contributed by atoms with E-state index in [-0.39, 0.29) is 5.56 Å². The van der Waals surface area contributed by atoms with Crippen LogP contribution in [0.1, 0.15) is 11.1 Å². The van der Waals surface area contributed by atoms with Crippen LogP contribution in [-0.4, -0.2) is 9.55 Å². The molecule has 0 aliphatic carbocycles. The van der Waals surface area contributed by atoms with Gasteiger partial charge in [0.25, 0.3) is 5.56 Å². The van der Waals surface area contributed by atoms with Gasteiger partial charge in [-0.2, -0.15) is 13.2 Å². The van der Waals surface area contributed by atoms with Crippen molar-refractivity contribution in [2.45, 2.75) is 17.1 Å². The first-order valence-corrected chi connectivity index (χ1v) is 10.7. The Morgan fingerprint density at radius 2 is 1.68 bits per heavy atom. The summed E-state index contributed by atoms with van der Waals surface area (Å²) >= 11 is 13.7. The molecule has 0 unspecified atom stereocenters. The van der Waals surface area contributed by atoms with Crippen LogP contribution in [0.3, 0.4) is 0 Å². The topological polar surface area (TPSA) is 34.9 Å². The van der Waals surface area contributed by atoms with Gasteiger partial charge < -0.3 is 0 Å². The standard InChI is InChI=1S/C22H13Cl2F3N2OS/c23-15-9-10-17(24)19(11-15)29-20(30)16-3-1-2-4-18(16)28-21(29)31-12-13-5-7-14(8-6-13)22(25,26)27/h1-11H,12H2. The number of thioether (sulfide) groups is 1. The molecule has 4 rings (SSSR count). The van der Waals surface area contributed by atoms with E-state index in [9.17, 15) is 18.0 Å². The molecular formula is C22H13Cl2F3N2OS. The van der Waals surface area contributed by atoms with Crippen molar-refractivity contribution in [3.05, 3.63) is 98.3 Å². The second kappa shape index (κ2) is 8.57. The third-order valence-electron chi connectivity index (χ3n) is 4.54. The molecule has 3 nitrogen and oxygen atoms in total. The molecule has 0 aliphatic rings. The number of hydrogen-bond donors (Lipinski definition) is 0. The minimum atomic E-state index is -4.39. The van der Waals surface area contributed by atoms with Crippen molar-refractivity contribution >= 4 is 45.9 Å². The van der Waals surface area contributed by atoms with E-state index in [2.05, 4.69) is 4.98 Å². The zero-order valence-corrected chi connectivity index (χ0v) is 18.0. The lowest BCUT2D eigenvalue weighted by atomic mass is 10.1. The minimum Gasteiger partial charge on any atom is -0.268 e. The number of benzene rings is 3. The van der Waals surface area contributed by atoms with Gasteiger partial charge in [-0.15, -0.1) is 0 Å². The van der Waals surface area contributed by atoms with Crippen LogP contribution < -0.4 is 5.56 Å². The van der Waals surface area contributed by atoms with Crippen LogP contribution in [0.5, 0.6) is 0 Å². The summed E-state index contributed by atoms with van der Waals surface area (Å²) in [6.07, 6.45) is -4.39. The molecule has 0 spiro atoms. The Labute approximate surface area is 189 Å². The minimum absolute atomic E-state index is 0.307. The molecule has 9 heteroatoms. The summed E-state index contributed by atoms with van der Waals surface area (Å²) in [4.78, 5) is 17.9. The fourth-order valence-corrected chi connectivity index (χ4v) is 4.35. The number of nitrogens with zero attached hydrogens (tertiary/aromatic N) is 2. The van der Waals surface area contributed by atoms with Crippen molar-refractivity contribution in [2.24, 2.45) is 0 Å². The van der Waals surface area contributed by atoms with Crippen LogP contribution in [0.2, 0.25) is 10.0 Å². The van der Waals surface area contributed by atoms with Crippen LogP contribution in [0.15, 0.2) is 76.7 Å². The van der Waals surface area contributed by atoms with Crippen molar-refractivity contribution in [1.82, 2.24) is 9.55 Å². The number of aromatic nitrogens is 2. The average Bonchev–Trinajstić information content (AvgIpc) is 2.74. The molecular weight excluding hydrogens is 468 g/mol. The second-order valence-corrected chi connectivity index (χ2v) is 8.42. The third kappa shape index (κ3) is 4.59. The fraction of sp³-hybridized carbons (Fsp3) is 0.0909. The second-order valence-electron chi connectivity index (χ2n) is 6.63. The van der Waals surface area contributed by atoms with Gasteiger partial charge in [-0.3, -0.25) is 9.36 Å². The van der Waals surface area contributed by atoms with Gasteiger partial charge in [-0.05, 0) is 48.0 Å². The summed E-state index contributed by atoms with van der Waals surface area (Å²) in [7, 11) is 0. The Hall–Kier alpha value is -2.48. The Kier molecular flexibility index (Phi) is 6.01. The maximum Gasteiger partial charge on any atom is 0.416 e. The summed E-state index contributed by atoms with van der Waals surface area (Å²) in [5.74, 6) is 0.307. The molecule has 0 amide bonds. The largest absolute Gasteiger partial charge is 0.416 e. The summed E-state index contributed by atoms with van der Waals surface area (Å²) in [5.41, 5.74) is 0.519. The maximum absolute atomic E-state index is 13.3. The molecule has 1 heterocycles. The molecule has 0 radical (unpaired) electrons. The molecule has 0 fully saturated rings. The van der Waals surface area contributed by atoms with Gasteiger partial charge in [0, 0.05) is 10.8 Å². The van der Waals surface area contributed by atoms with Crippen molar-refractivity contribution in [2.75, 3.05) is 0 Å². The van der Waals surface area contributed by atoms with Crippen LogP contribution in [0, 0.1) is 0 Å². The molecule has 0 saturated carbocycles. The quantitative estimate of drug-likeness (QED) is 0.233. The Morgan fingerprint density at radius 3 is 2.39 bits per heavy atom. The van der Waals surface area contributed by atoms with Gasteiger partial charge in [0.15, 0.2) is 5.16 Å². The molecule has 1 aromatic heterocycles. The van der Waals surface area contributed by atoms with E-state index in [0.717, 1.165) is 12.1 Å². The summed E-state index contributed by atoms with van der Waals surface area (Å²) in [6, 6.07) is 16.6. The van der Waals surface area contributed by atoms with Gasteiger partial charge >= 0.3 is 6.18 Å². The van der Waals surface area contributed by atoms with Gasteiger partial charge in [0.2, 0.25) is 0 Å². The summed E-state index contributed by atoms with van der Waals surface area (Å²) < 4.78 is 39.8. The SMILES string of the molecule is O=c1c2ccccc2nc(SCc2ccc(C(F)(F)F)cc2)n1-c1cc(Cl)ccc1Cl. The van der Waals surface area contributed by atoms with Gasteiger partial charge in [-0.1, -0.05) is 59.2 Å². The first-order chi connectivity index (χ1) is 14.7. The van der Waals surface area contributed by atoms with Crippen LogP contribution in [-0.2, 0) is 11.9 Å². The Morgan fingerprint density at radius 1 is 0.968 bits per heavy atom. The van der Waals surface area contributed by atoms with Gasteiger partial charge in [0.1, 0.15) is 0 Å². The Balaban J connectivity index is 1.78. The van der Waals surface area contributed by atoms with Crippen LogP contribution in [0.25, 0.3) is 16.6 Å². The average molecular weight is 481 g/mol. The van der Waals surface area contributed by atoms with E-state index in [1.165, 1.54) is 28.5 Å². The number of fused-ring (bicyclic) bond motifs is 1. The smallest absolute Gasteiger partial charge is 0.268 e. The predicted octanol–water partition coefficient (Wildman–Crippen LogP) is 7.00. The molecule has 0 atom stereocenters. The molecule has 31 heavy (non-hydrogen) atoms. The predicted molar refractivity (Wildman–Crippen MR) is 118 cm³/mol. The highest BCUT2D eigenvalue weighted by atomic mass is 35.5.